The number of hydrogen-bond acceptors (Lipinski definition) is 4. The fraction of sp³-hybridized carbons (Fsp3) is 0.438. The molecule has 0 bridgehead atoms. The van der Waals surface area contributed by atoms with E-state index in [0.29, 0.717) is 17.4 Å². The van der Waals surface area contributed by atoms with Gasteiger partial charge in [-0.25, -0.2) is 0 Å². The zero-order chi connectivity index (χ0) is 13.8. The molecule has 4 nitrogen and oxygen atoms in total. The van der Waals surface area contributed by atoms with Crippen molar-refractivity contribution >= 4 is 0 Å². The molecule has 3 rings (SSSR count). The molecule has 1 fully saturated rings. The van der Waals surface area contributed by atoms with Gasteiger partial charge in [0.25, 0.3) is 5.89 Å². The number of nitriles is 1. The molecule has 1 aliphatic rings. The second-order valence-electron chi connectivity index (χ2n) is 5.34. The van der Waals surface area contributed by atoms with Gasteiger partial charge in [-0.15, -0.1) is 0 Å². The van der Waals surface area contributed by atoms with Crippen molar-refractivity contribution in [2.24, 2.45) is 0 Å². The van der Waals surface area contributed by atoms with E-state index >= 15 is 0 Å². The lowest BCUT2D eigenvalue weighted by atomic mass is 10.00. The van der Waals surface area contributed by atoms with E-state index in [1.165, 1.54) is 25.7 Å². The molecule has 1 aromatic heterocycles. The monoisotopic (exact) mass is 267 g/mol. The minimum atomic E-state index is 0.425. The Morgan fingerprint density at radius 2 is 1.95 bits per heavy atom. The Balaban J connectivity index is 1.84. The van der Waals surface area contributed by atoms with Crippen LogP contribution in [0.5, 0.6) is 0 Å². The lowest BCUT2D eigenvalue weighted by Crippen LogP contribution is -1.99. The summed E-state index contributed by atoms with van der Waals surface area (Å²) in [6.45, 7) is 0. The lowest BCUT2D eigenvalue weighted by molar-refractivity contribution is 0.410. The Labute approximate surface area is 118 Å². The molecule has 1 heterocycles. The third-order valence-corrected chi connectivity index (χ3v) is 3.90. The highest BCUT2D eigenvalue weighted by molar-refractivity contribution is 5.56. The average molecular weight is 267 g/mol. The molecule has 1 aliphatic carbocycles. The summed E-state index contributed by atoms with van der Waals surface area (Å²) in [5.41, 5.74) is 1.42. The summed E-state index contributed by atoms with van der Waals surface area (Å²) in [5.74, 6) is 1.76. The van der Waals surface area contributed by atoms with Gasteiger partial charge in [0.15, 0.2) is 5.82 Å². The molecule has 1 saturated carbocycles. The van der Waals surface area contributed by atoms with E-state index in [0.717, 1.165) is 24.2 Å². The van der Waals surface area contributed by atoms with Crippen LogP contribution in [0.4, 0.5) is 0 Å². The maximum Gasteiger partial charge on any atom is 0.257 e. The predicted molar refractivity (Wildman–Crippen MR) is 74.9 cm³/mol. The van der Waals surface area contributed by atoms with Crippen molar-refractivity contribution < 1.29 is 4.52 Å². The van der Waals surface area contributed by atoms with Gasteiger partial charge in [0.1, 0.15) is 0 Å². The maximum absolute atomic E-state index is 8.93. The average Bonchev–Trinajstić information content (AvgIpc) is 2.83. The summed E-state index contributed by atoms with van der Waals surface area (Å²) in [6, 6.07) is 9.41. The van der Waals surface area contributed by atoms with Crippen LogP contribution in [0, 0.1) is 11.3 Å². The molecule has 2 aromatic rings. The molecule has 102 valence electrons. The second kappa shape index (κ2) is 5.87. The van der Waals surface area contributed by atoms with Crippen molar-refractivity contribution in [1.82, 2.24) is 10.1 Å². The molecular weight excluding hydrogens is 250 g/mol. The first-order valence-corrected chi connectivity index (χ1v) is 7.21. The zero-order valence-electron chi connectivity index (χ0n) is 11.4. The summed E-state index contributed by atoms with van der Waals surface area (Å²) in [7, 11) is 0. The van der Waals surface area contributed by atoms with Gasteiger partial charge in [0.05, 0.1) is 11.6 Å². The van der Waals surface area contributed by atoms with Gasteiger partial charge in [-0.1, -0.05) is 36.9 Å². The summed E-state index contributed by atoms with van der Waals surface area (Å²) >= 11 is 0. The topological polar surface area (TPSA) is 62.7 Å². The van der Waals surface area contributed by atoms with Crippen molar-refractivity contribution in [3.8, 4) is 17.5 Å². The standard InChI is InChI=1S/C16H17N3O/c17-11-12-6-5-9-14(10-12)16-18-15(19-20-16)13-7-3-1-2-4-8-13/h5-6,9-10,13H,1-4,7-8H2. The molecule has 20 heavy (non-hydrogen) atoms. The van der Waals surface area contributed by atoms with Crippen LogP contribution in [0.3, 0.4) is 0 Å². The molecule has 0 unspecified atom stereocenters. The third kappa shape index (κ3) is 2.72. The zero-order valence-corrected chi connectivity index (χ0v) is 11.4. The molecule has 0 saturated heterocycles. The number of benzene rings is 1. The fourth-order valence-corrected chi connectivity index (χ4v) is 2.78. The number of hydrogen-bond donors (Lipinski definition) is 0. The van der Waals surface area contributed by atoms with Crippen LogP contribution < -0.4 is 0 Å². The molecule has 1 aromatic carbocycles. The summed E-state index contributed by atoms with van der Waals surface area (Å²) in [6.07, 6.45) is 7.42. The minimum absolute atomic E-state index is 0.425. The van der Waals surface area contributed by atoms with Crippen LogP contribution in [-0.2, 0) is 0 Å². The Bertz CT molecular complexity index is 619. The van der Waals surface area contributed by atoms with E-state index in [4.69, 9.17) is 9.78 Å². The molecule has 0 spiro atoms. The van der Waals surface area contributed by atoms with Crippen LogP contribution >= 0.6 is 0 Å². The first-order chi connectivity index (χ1) is 9.86. The number of nitrogens with zero attached hydrogens (tertiary/aromatic N) is 3. The minimum Gasteiger partial charge on any atom is -0.334 e. The van der Waals surface area contributed by atoms with Gasteiger partial charge in [-0.05, 0) is 31.0 Å². The van der Waals surface area contributed by atoms with Gasteiger partial charge in [-0.2, -0.15) is 10.2 Å². The predicted octanol–water partition coefficient (Wildman–Crippen LogP) is 4.05. The van der Waals surface area contributed by atoms with E-state index < -0.39 is 0 Å². The molecule has 0 aliphatic heterocycles. The van der Waals surface area contributed by atoms with Crippen molar-refractivity contribution in [3.05, 3.63) is 35.7 Å². The van der Waals surface area contributed by atoms with E-state index in [1.807, 2.05) is 12.1 Å². The molecule has 0 radical (unpaired) electrons. The quantitative estimate of drug-likeness (QED) is 0.770. The van der Waals surface area contributed by atoms with Crippen LogP contribution in [0.1, 0.15) is 55.8 Å². The first-order valence-electron chi connectivity index (χ1n) is 7.21. The van der Waals surface area contributed by atoms with Gasteiger partial charge < -0.3 is 4.52 Å². The summed E-state index contributed by atoms with van der Waals surface area (Å²) in [4.78, 5) is 4.53. The SMILES string of the molecule is N#Cc1cccc(-c2nc(C3CCCCCC3)no2)c1. The molecule has 0 N–H and O–H groups in total. The lowest BCUT2D eigenvalue weighted by Gasteiger charge is -2.07. The highest BCUT2D eigenvalue weighted by Gasteiger charge is 2.20. The maximum atomic E-state index is 8.93. The molecule has 0 atom stereocenters. The summed E-state index contributed by atoms with van der Waals surface area (Å²) < 4.78 is 5.37. The molecule has 0 amide bonds. The summed E-state index contributed by atoms with van der Waals surface area (Å²) in [5, 5.41) is 13.1. The fourth-order valence-electron chi connectivity index (χ4n) is 2.78. The first kappa shape index (κ1) is 12.9. The van der Waals surface area contributed by atoms with Crippen molar-refractivity contribution in [2.45, 2.75) is 44.4 Å². The Morgan fingerprint density at radius 1 is 1.15 bits per heavy atom. The Hall–Kier alpha value is -2.15. The van der Waals surface area contributed by atoms with Gasteiger partial charge in [0, 0.05) is 11.5 Å². The largest absolute Gasteiger partial charge is 0.334 e. The van der Waals surface area contributed by atoms with Gasteiger partial charge in [-0.3, -0.25) is 0 Å². The van der Waals surface area contributed by atoms with Crippen LogP contribution in [0.25, 0.3) is 11.5 Å². The highest BCUT2D eigenvalue weighted by Crippen LogP contribution is 2.31. The number of aromatic nitrogens is 2. The van der Waals surface area contributed by atoms with Crippen molar-refractivity contribution in [3.63, 3.8) is 0 Å². The third-order valence-electron chi connectivity index (χ3n) is 3.90. The van der Waals surface area contributed by atoms with E-state index in [1.54, 1.807) is 12.1 Å². The smallest absolute Gasteiger partial charge is 0.257 e. The van der Waals surface area contributed by atoms with Crippen LogP contribution in [0.2, 0.25) is 0 Å². The highest BCUT2D eigenvalue weighted by atomic mass is 16.5. The van der Waals surface area contributed by atoms with Crippen LogP contribution in [-0.4, -0.2) is 10.1 Å². The molecular formula is C16H17N3O. The van der Waals surface area contributed by atoms with Crippen molar-refractivity contribution in [1.29, 1.82) is 5.26 Å². The Morgan fingerprint density at radius 3 is 2.70 bits per heavy atom. The molecule has 4 heteroatoms. The van der Waals surface area contributed by atoms with Gasteiger partial charge in [0.2, 0.25) is 0 Å². The van der Waals surface area contributed by atoms with Crippen molar-refractivity contribution in [2.75, 3.05) is 0 Å². The Kier molecular flexibility index (Phi) is 3.78. The second-order valence-corrected chi connectivity index (χ2v) is 5.34. The van der Waals surface area contributed by atoms with Crippen LogP contribution in [0.15, 0.2) is 28.8 Å². The van der Waals surface area contributed by atoms with E-state index in [2.05, 4.69) is 16.2 Å². The number of rotatable bonds is 2. The normalized spacial score (nSPS) is 16.6. The van der Waals surface area contributed by atoms with E-state index in [9.17, 15) is 0 Å². The van der Waals surface area contributed by atoms with Gasteiger partial charge >= 0.3 is 0 Å². The van der Waals surface area contributed by atoms with E-state index in [-0.39, 0.29) is 0 Å².